The summed E-state index contributed by atoms with van der Waals surface area (Å²) in [5.41, 5.74) is 2.45. The first-order valence-electron chi connectivity index (χ1n) is 12.3. The molecule has 1 saturated heterocycles. The normalized spacial score (nSPS) is 14.7. The average Bonchev–Trinajstić information content (AvgIpc) is 3.22. The van der Waals surface area contributed by atoms with Crippen molar-refractivity contribution in [2.24, 2.45) is 0 Å². The van der Waals surface area contributed by atoms with Gasteiger partial charge in [-0.1, -0.05) is 18.1 Å². The Balaban J connectivity index is 1.52. The number of benzene rings is 1. The number of hydrogen-bond donors (Lipinski definition) is 2. The van der Waals surface area contributed by atoms with Crippen LogP contribution in [0.2, 0.25) is 0 Å². The predicted octanol–water partition coefficient (Wildman–Crippen LogP) is 5.13. The van der Waals surface area contributed by atoms with Crippen LogP contribution in [0.4, 0.5) is 18.9 Å². The summed E-state index contributed by atoms with van der Waals surface area (Å²) >= 11 is 0. The van der Waals surface area contributed by atoms with E-state index in [2.05, 4.69) is 33.5 Å². The van der Waals surface area contributed by atoms with E-state index in [1.165, 1.54) is 4.57 Å². The van der Waals surface area contributed by atoms with Crippen molar-refractivity contribution in [1.29, 1.82) is 5.26 Å². The third kappa shape index (κ3) is 6.82. The fourth-order valence-corrected chi connectivity index (χ4v) is 4.32. The van der Waals surface area contributed by atoms with E-state index >= 15 is 0 Å². The molecule has 0 unspecified atom stereocenters. The standard InChI is InChI=1S/C28H30F3N5O/c1-27(2,18-32)26-9-8-22(17-35-26)33-12-4-6-23-15-24-20(16-34-21-10-13-37-14-11-21)5-3-7-25(24)36(23)19-28(29,30)31/h3,5,7-9,15,17,21,33-34H,10-14,16,19H2,1-2H3. The van der Waals surface area contributed by atoms with Crippen LogP contribution in [0.5, 0.6) is 0 Å². The van der Waals surface area contributed by atoms with Crippen LogP contribution in [-0.4, -0.2) is 41.5 Å². The summed E-state index contributed by atoms with van der Waals surface area (Å²) in [5.74, 6) is 5.86. The molecule has 0 radical (unpaired) electrons. The van der Waals surface area contributed by atoms with Gasteiger partial charge in [-0.2, -0.15) is 18.4 Å². The minimum Gasteiger partial charge on any atom is -0.381 e. The van der Waals surface area contributed by atoms with Gasteiger partial charge < -0.3 is 19.9 Å². The third-order valence-electron chi connectivity index (χ3n) is 6.46. The maximum Gasteiger partial charge on any atom is 0.406 e. The van der Waals surface area contributed by atoms with Crippen molar-refractivity contribution in [3.8, 4) is 17.9 Å². The summed E-state index contributed by atoms with van der Waals surface area (Å²) < 4.78 is 46.9. The Hall–Kier alpha value is -3.53. The van der Waals surface area contributed by atoms with E-state index in [0.29, 0.717) is 35.2 Å². The van der Waals surface area contributed by atoms with Gasteiger partial charge in [0.25, 0.3) is 0 Å². The summed E-state index contributed by atoms with van der Waals surface area (Å²) in [6, 6.07) is 13.3. The lowest BCUT2D eigenvalue weighted by Crippen LogP contribution is -2.34. The van der Waals surface area contributed by atoms with Gasteiger partial charge in [0.15, 0.2) is 0 Å². The summed E-state index contributed by atoms with van der Waals surface area (Å²) in [5, 5.41) is 16.6. The van der Waals surface area contributed by atoms with Crippen molar-refractivity contribution < 1.29 is 17.9 Å². The van der Waals surface area contributed by atoms with E-state index in [-0.39, 0.29) is 6.54 Å². The highest BCUT2D eigenvalue weighted by Crippen LogP contribution is 2.28. The SMILES string of the molecule is CC(C)(C#N)c1ccc(NCC#Cc2cc3c(CNC4CCOCC4)cccc3n2CC(F)(F)F)cn1. The Morgan fingerprint density at radius 1 is 1.16 bits per heavy atom. The lowest BCUT2D eigenvalue weighted by atomic mass is 9.91. The Morgan fingerprint density at radius 2 is 1.95 bits per heavy atom. The minimum absolute atomic E-state index is 0.231. The molecule has 194 valence electrons. The fourth-order valence-electron chi connectivity index (χ4n) is 4.32. The fraction of sp³-hybridized carbons (Fsp3) is 0.429. The van der Waals surface area contributed by atoms with Gasteiger partial charge in [-0.15, -0.1) is 0 Å². The van der Waals surface area contributed by atoms with E-state index < -0.39 is 18.1 Å². The monoisotopic (exact) mass is 509 g/mol. The molecule has 1 aromatic carbocycles. The van der Waals surface area contributed by atoms with Crippen molar-refractivity contribution in [2.75, 3.05) is 25.1 Å². The number of nitriles is 1. The van der Waals surface area contributed by atoms with Gasteiger partial charge in [0.2, 0.25) is 0 Å². The number of rotatable bonds is 7. The second kappa shape index (κ2) is 11.2. The lowest BCUT2D eigenvalue weighted by Gasteiger charge is -2.23. The van der Waals surface area contributed by atoms with Crippen LogP contribution in [0.25, 0.3) is 10.9 Å². The molecule has 0 amide bonds. The average molecular weight is 510 g/mol. The number of halogens is 3. The van der Waals surface area contributed by atoms with Crippen molar-refractivity contribution in [3.63, 3.8) is 0 Å². The second-order valence-electron chi connectivity index (χ2n) is 9.67. The topological polar surface area (TPSA) is 74.9 Å². The number of nitrogens with zero attached hydrogens (tertiary/aromatic N) is 3. The number of nitrogens with one attached hydrogen (secondary N) is 2. The largest absolute Gasteiger partial charge is 0.406 e. The van der Waals surface area contributed by atoms with Crippen molar-refractivity contribution in [2.45, 2.75) is 57.4 Å². The Bertz CT molecular complexity index is 1320. The molecule has 3 heterocycles. The van der Waals surface area contributed by atoms with Gasteiger partial charge in [-0.25, -0.2) is 0 Å². The number of alkyl halides is 3. The zero-order valence-corrected chi connectivity index (χ0v) is 21.0. The first-order valence-corrected chi connectivity index (χ1v) is 12.3. The van der Waals surface area contributed by atoms with Crippen LogP contribution in [0.15, 0.2) is 42.6 Å². The summed E-state index contributed by atoms with van der Waals surface area (Å²) in [6.07, 6.45) is -0.914. The second-order valence-corrected chi connectivity index (χ2v) is 9.67. The molecule has 6 nitrogen and oxygen atoms in total. The molecule has 1 fully saturated rings. The van der Waals surface area contributed by atoms with Crippen molar-refractivity contribution in [1.82, 2.24) is 14.9 Å². The molecular formula is C28H30F3N5O. The van der Waals surface area contributed by atoms with Crippen LogP contribution in [0.1, 0.15) is 43.6 Å². The maximum absolute atomic E-state index is 13.4. The molecule has 1 aliphatic rings. The molecule has 0 bridgehead atoms. The van der Waals surface area contributed by atoms with Crippen molar-refractivity contribution in [3.05, 3.63) is 59.5 Å². The number of hydrogen-bond acceptors (Lipinski definition) is 5. The van der Waals surface area contributed by atoms with Crippen LogP contribution >= 0.6 is 0 Å². The highest BCUT2D eigenvalue weighted by atomic mass is 19.4. The zero-order chi connectivity index (χ0) is 26.5. The Morgan fingerprint density at radius 3 is 2.62 bits per heavy atom. The van der Waals surface area contributed by atoms with Gasteiger partial charge in [0, 0.05) is 36.7 Å². The Labute approximate surface area is 214 Å². The first kappa shape index (κ1) is 26.5. The van der Waals surface area contributed by atoms with Crippen LogP contribution in [-0.2, 0) is 23.2 Å². The van der Waals surface area contributed by atoms with Crippen molar-refractivity contribution >= 4 is 16.6 Å². The Kier molecular flexibility index (Phi) is 8.06. The zero-order valence-electron chi connectivity index (χ0n) is 21.0. The number of aromatic nitrogens is 2. The molecule has 3 aromatic rings. The molecule has 0 saturated carbocycles. The van der Waals surface area contributed by atoms with E-state index in [0.717, 1.165) is 37.0 Å². The lowest BCUT2D eigenvalue weighted by molar-refractivity contribution is -0.140. The van der Waals surface area contributed by atoms with Gasteiger partial charge >= 0.3 is 6.18 Å². The molecule has 0 atom stereocenters. The van der Waals surface area contributed by atoms with Crippen LogP contribution in [0.3, 0.4) is 0 Å². The molecule has 4 rings (SSSR count). The summed E-state index contributed by atoms with van der Waals surface area (Å²) in [6.45, 7) is 4.71. The van der Waals surface area contributed by atoms with Gasteiger partial charge in [0.05, 0.1) is 41.3 Å². The molecule has 1 aliphatic heterocycles. The van der Waals surface area contributed by atoms with Gasteiger partial charge in [-0.3, -0.25) is 4.98 Å². The number of anilines is 1. The molecular weight excluding hydrogens is 479 g/mol. The van der Waals surface area contributed by atoms with E-state index in [1.54, 1.807) is 44.3 Å². The summed E-state index contributed by atoms with van der Waals surface area (Å²) in [4.78, 5) is 4.33. The molecule has 0 spiro atoms. The smallest absolute Gasteiger partial charge is 0.381 e. The number of ether oxygens (including phenoxy) is 1. The molecule has 2 N–H and O–H groups in total. The quantitative estimate of drug-likeness (QED) is 0.432. The van der Waals surface area contributed by atoms with E-state index in [1.807, 2.05) is 12.1 Å². The third-order valence-corrected chi connectivity index (χ3v) is 6.46. The molecule has 0 aliphatic carbocycles. The predicted molar refractivity (Wildman–Crippen MR) is 137 cm³/mol. The molecule has 9 heteroatoms. The van der Waals surface area contributed by atoms with Crippen LogP contribution in [0, 0.1) is 23.2 Å². The molecule has 37 heavy (non-hydrogen) atoms. The number of fused-ring (bicyclic) bond motifs is 1. The van der Waals surface area contributed by atoms with E-state index in [9.17, 15) is 18.4 Å². The highest BCUT2D eigenvalue weighted by molar-refractivity contribution is 5.86. The van der Waals surface area contributed by atoms with Gasteiger partial charge in [0.1, 0.15) is 6.54 Å². The number of pyridine rings is 1. The summed E-state index contributed by atoms with van der Waals surface area (Å²) in [7, 11) is 0. The highest BCUT2D eigenvalue weighted by Gasteiger charge is 2.30. The molecule has 2 aromatic heterocycles. The van der Waals surface area contributed by atoms with Crippen LogP contribution < -0.4 is 10.6 Å². The van der Waals surface area contributed by atoms with E-state index in [4.69, 9.17) is 4.74 Å². The maximum atomic E-state index is 13.4. The minimum atomic E-state index is -4.37. The first-order chi connectivity index (χ1) is 17.7. The van der Waals surface area contributed by atoms with Gasteiger partial charge in [-0.05, 0) is 62.4 Å².